The van der Waals surface area contributed by atoms with Gasteiger partial charge in [0, 0.05) is 12.3 Å². The van der Waals surface area contributed by atoms with Gasteiger partial charge in [0.05, 0.1) is 19.3 Å². The van der Waals surface area contributed by atoms with Crippen LogP contribution in [-0.2, 0) is 45.1 Å². The highest BCUT2D eigenvalue weighted by molar-refractivity contribution is 7.86. The Morgan fingerprint density at radius 2 is 1.80 bits per heavy atom. The number of methoxy groups -OCH3 is 1. The van der Waals surface area contributed by atoms with Crippen LogP contribution >= 0.6 is 0 Å². The third-order valence-electron chi connectivity index (χ3n) is 6.01. The summed E-state index contributed by atoms with van der Waals surface area (Å²) in [6.07, 6.45) is -0.233. The van der Waals surface area contributed by atoms with Crippen molar-refractivity contribution in [2.24, 2.45) is 11.8 Å². The highest BCUT2D eigenvalue weighted by atomic mass is 32.2. The van der Waals surface area contributed by atoms with Crippen LogP contribution in [0, 0.1) is 11.8 Å². The van der Waals surface area contributed by atoms with Crippen LogP contribution in [0.15, 0.2) is 42.6 Å². The van der Waals surface area contributed by atoms with Crippen molar-refractivity contribution in [3.05, 3.63) is 53.9 Å². The molecule has 0 aliphatic carbocycles. The van der Waals surface area contributed by atoms with Crippen molar-refractivity contribution in [2.75, 3.05) is 20.0 Å². The summed E-state index contributed by atoms with van der Waals surface area (Å²) in [7, 11) is -2.86. The number of carbonyl (C=O) groups is 4. The van der Waals surface area contributed by atoms with E-state index in [0.717, 1.165) is 11.8 Å². The third-order valence-corrected chi connectivity index (χ3v) is 6.48. The molecule has 14 heteroatoms. The Kier molecular flexibility index (Phi) is 10.3. The predicted molar refractivity (Wildman–Crippen MR) is 142 cm³/mol. The molecule has 1 aromatic heterocycles. The van der Waals surface area contributed by atoms with E-state index in [1.807, 2.05) is 6.07 Å². The van der Waals surface area contributed by atoms with Gasteiger partial charge in [-0.15, -0.1) is 0 Å². The zero-order valence-electron chi connectivity index (χ0n) is 23.2. The van der Waals surface area contributed by atoms with E-state index in [1.54, 1.807) is 38.1 Å². The number of hydrogen-bond donors (Lipinski definition) is 1. The second-order valence-corrected chi connectivity index (χ2v) is 11.2. The Labute approximate surface area is 237 Å². The average molecular weight is 593 g/mol. The highest BCUT2D eigenvalue weighted by Crippen LogP contribution is 2.31. The third kappa shape index (κ3) is 8.39. The lowest BCUT2D eigenvalue weighted by atomic mass is 9.91. The molecule has 1 aliphatic rings. The number of esters is 3. The molecule has 4 atom stereocenters. The van der Waals surface area contributed by atoms with Crippen LogP contribution < -0.4 is 14.2 Å². The summed E-state index contributed by atoms with van der Waals surface area (Å²) in [5.41, 5.74) is 0.248. The van der Waals surface area contributed by atoms with Crippen molar-refractivity contribution in [1.29, 1.82) is 0 Å². The van der Waals surface area contributed by atoms with E-state index in [9.17, 15) is 27.6 Å². The number of pyridine rings is 1. The average Bonchev–Trinajstić information content (AvgIpc) is 2.94. The van der Waals surface area contributed by atoms with Gasteiger partial charge in [-0.1, -0.05) is 44.2 Å². The molecule has 0 saturated carbocycles. The summed E-state index contributed by atoms with van der Waals surface area (Å²) in [4.78, 5) is 56.0. The summed E-state index contributed by atoms with van der Waals surface area (Å²) in [6, 6.07) is 8.71. The molecular weight excluding hydrogens is 560 g/mol. The van der Waals surface area contributed by atoms with Crippen LogP contribution in [0.4, 0.5) is 0 Å². The van der Waals surface area contributed by atoms with Crippen LogP contribution in [0.3, 0.4) is 0 Å². The molecule has 41 heavy (non-hydrogen) atoms. The summed E-state index contributed by atoms with van der Waals surface area (Å²) in [5.74, 6) is -5.56. The lowest BCUT2D eigenvalue weighted by Gasteiger charge is -2.29. The molecule has 222 valence electrons. The van der Waals surface area contributed by atoms with Crippen molar-refractivity contribution in [2.45, 2.75) is 45.4 Å². The van der Waals surface area contributed by atoms with Gasteiger partial charge in [0.15, 0.2) is 23.6 Å². The number of carbonyl (C=O) groups excluding carboxylic acids is 4. The molecule has 1 amide bonds. The molecule has 1 aromatic carbocycles. The minimum atomic E-state index is -4.10. The maximum atomic E-state index is 13.3. The van der Waals surface area contributed by atoms with E-state index >= 15 is 0 Å². The number of cyclic esters (lactones) is 2. The quantitative estimate of drug-likeness (QED) is 0.253. The van der Waals surface area contributed by atoms with Gasteiger partial charge < -0.3 is 28.4 Å². The molecule has 1 saturated heterocycles. The monoisotopic (exact) mass is 592 g/mol. The molecule has 0 radical (unpaired) electrons. The maximum Gasteiger partial charge on any atom is 0.332 e. The van der Waals surface area contributed by atoms with E-state index < -0.39 is 82.1 Å². The fourth-order valence-corrected chi connectivity index (χ4v) is 4.43. The second-order valence-electron chi connectivity index (χ2n) is 9.63. The van der Waals surface area contributed by atoms with Gasteiger partial charge in [0.1, 0.15) is 18.6 Å². The number of hydrogen-bond acceptors (Lipinski definition) is 12. The summed E-state index contributed by atoms with van der Waals surface area (Å²) in [5, 5.41) is 2.35. The minimum Gasteiger partial charge on any atom is -0.493 e. The Morgan fingerprint density at radius 3 is 2.41 bits per heavy atom. The molecule has 0 bridgehead atoms. The second kappa shape index (κ2) is 13.4. The molecular formula is C27H32N2O11S. The molecule has 4 unspecified atom stereocenters. The molecule has 1 N–H and O–H groups in total. The van der Waals surface area contributed by atoms with Crippen LogP contribution in [-0.4, -0.2) is 75.4 Å². The van der Waals surface area contributed by atoms with E-state index in [-0.39, 0.29) is 12.2 Å². The van der Waals surface area contributed by atoms with Gasteiger partial charge in [-0.05, 0) is 18.9 Å². The first-order valence-corrected chi connectivity index (χ1v) is 14.5. The standard InChI is InChI=1S/C27H32N2O11S/c1-15(2)25(31)39-22-16(3)38-27(33)19(14-37-26(32)18(22)13-17-9-7-6-8-10-17)29-24(30)21-23(40-41(5,34)35)20(36-4)11-12-28-21/h6-12,15-16,18-19,22H,13-14H2,1-5H3,(H,29,30). The number of ether oxygens (including phenoxy) is 4. The maximum absolute atomic E-state index is 13.3. The van der Waals surface area contributed by atoms with E-state index in [1.165, 1.54) is 26.3 Å². The van der Waals surface area contributed by atoms with Crippen LogP contribution in [0.5, 0.6) is 11.5 Å². The fraction of sp³-hybridized carbons (Fsp3) is 0.444. The Hall–Kier alpha value is -4.20. The first kappa shape index (κ1) is 31.3. The van der Waals surface area contributed by atoms with Crippen molar-refractivity contribution >= 4 is 33.9 Å². The summed E-state index contributed by atoms with van der Waals surface area (Å²) in [6.45, 7) is 4.09. The van der Waals surface area contributed by atoms with Gasteiger partial charge in [-0.25, -0.2) is 9.78 Å². The van der Waals surface area contributed by atoms with Gasteiger partial charge in [-0.2, -0.15) is 8.42 Å². The van der Waals surface area contributed by atoms with Crippen LogP contribution in [0.25, 0.3) is 0 Å². The van der Waals surface area contributed by atoms with Crippen molar-refractivity contribution in [3.8, 4) is 11.5 Å². The fourth-order valence-electron chi connectivity index (χ4n) is 3.96. The number of nitrogens with zero attached hydrogens (tertiary/aromatic N) is 1. The van der Waals surface area contributed by atoms with Crippen molar-refractivity contribution < 1.29 is 50.7 Å². The van der Waals surface area contributed by atoms with Gasteiger partial charge >= 0.3 is 28.0 Å². The van der Waals surface area contributed by atoms with Gasteiger partial charge in [-0.3, -0.25) is 14.4 Å². The van der Waals surface area contributed by atoms with E-state index in [4.69, 9.17) is 23.1 Å². The van der Waals surface area contributed by atoms with Crippen molar-refractivity contribution in [3.63, 3.8) is 0 Å². The molecule has 1 fully saturated rings. The molecule has 3 rings (SSSR count). The normalized spacial score (nSPS) is 21.4. The lowest BCUT2D eigenvalue weighted by molar-refractivity contribution is -0.176. The van der Waals surface area contributed by atoms with E-state index in [0.29, 0.717) is 0 Å². The number of nitrogens with one attached hydrogen (secondary N) is 1. The van der Waals surface area contributed by atoms with Gasteiger partial charge in [0.25, 0.3) is 5.91 Å². The summed E-state index contributed by atoms with van der Waals surface area (Å²) >= 11 is 0. The SMILES string of the molecule is COc1ccnc(C(=O)NC2COC(=O)C(Cc3ccccc3)C(OC(=O)C(C)C)C(C)OC2=O)c1OS(C)(=O)=O. The number of rotatable bonds is 9. The number of aromatic nitrogens is 1. The minimum absolute atomic E-state index is 0.105. The summed E-state index contributed by atoms with van der Waals surface area (Å²) < 4.78 is 50.2. The Balaban J connectivity index is 1.91. The molecule has 1 aliphatic heterocycles. The van der Waals surface area contributed by atoms with E-state index in [2.05, 4.69) is 10.3 Å². The number of benzene rings is 1. The Bertz CT molecular complexity index is 1380. The largest absolute Gasteiger partial charge is 0.493 e. The predicted octanol–water partition coefficient (Wildman–Crippen LogP) is 1.44. The first-order chi connectivity index (χ1) is 19.3. The smallest absolute Gasteiger partial charge is 0.332 e. The Morgan fingerprint density at radius 1 is 1.12 bits per heavy atom. The molecule has 13 nitrogen and oxygen atoms in total. The topological polar surface area (TPSA) is 173 Å². The van der Waals surface area contributed by atoms with Crippen LogP contribution in [0.2, 0.25) is 0 Å². The number of amides is 1. The molecule has 2 aromatic rings. The van der Waals surface area contributed by atoms with Gasteiger partial charge in [0.2, 0.25) is 5.75 Å². The molecule has 0 spiro atoms. The zero-order chi connectivity index (χ0) is 30.3. The lowest BCUT2D eigenvalue weighted by Crippen LogP contribution is -2.47. The first-order valence-electron chi connectivity index (χ1n) is 12.7. The van der Waals surface area contributed by atoms with Crippen LogP contribution in [0.1, 0.15) is 36.8 Å². The zero-order valence-corrected chi connectivity index (χ0v) is 24.0. The highest BCUT2D eigenvalue weighted by Gasteiger charge is 2.42. The van der Waals surface area contributed by atoms with Crippen molar-refractivity contribution in [1.82, 2.24) is 10.3 Å². The molecule has 2 heterocycles.